The lowest BCUT2D eigenvalue weighted by Crippen LogP contribution is -2.64. The molecule has 0 aliphatic carbocycles. The van der Waals surface area contributed by atoms with Gasteiger partial charge in [0.1, 0.15) is 0 Å². The van der Waals surface area contributed by atoms with Gasteiger partial charge in [0.15, 0.2) is 11.5 Å². The molecule has 2 fully saturated rings. The highest BCUT2D eigenvalue weighted by molar-refractivity contribution is 7.88. The van der Waals surface area contributed by atoms with E-state index < -0.39 is 10.0 Å². The highest BCUT2D eigenvalue weighted by Gasteiger charge is 2.52. The molecule has 3 aliphatic heterocycles. The highest BCUT2D eigenvalue weighted by Crippen LogP contribution is 2.42. The molecular formula is C17H24N2O5S. The van der Waals surface area contributed by atoms with E-state index in [-0.39, 0.29) is 5.60 Å². The van der Waals surface area contributed by atoms with E-state index in [4.69, 9.17) is 14.2 Å². The monoisotopic (exact) mass is 368 g/mol. The number of benzene rings is 1. The Labute approximate surface area is 148 Å². The second-order valence-corrected chi connectivity index (χ2v) is 9.02. The van der Waals surface area contributed by atoms with Crippen molar-refractivity contribution in [3.63, 3.8) is 0 Å². The van der Waals surface area contributed by atoms with Crippen LogP contribution < -0.4 is 14.2 Å². The van der Waals surface area contributed by atoms with Crippen LogP contribution >= 0.6 is 0 Å². The zero-order valence-corrected chi connectivity index (χ0v) is 15.2. The fourth-order valence-corrected chi connectivity index (χ4v) is 4.57. The lowest BCUT2D eigenvalue weighted by molar-refractivity contribution is -0.136. The number of nitrogens with one attached hydrogen (secondary N) is 1. The Hall–Kier alpha value is -1.35. The second-order valence-electron chi connectivity index (χ2n) is 7.19. The fourth-order valence-electron chi connectivity index (χ4n) is 4.08. The van der Waals surface area contributed by atoms with Crippen LogP contribution in [0.4, 0.5) is 0 Å². The predicted molar refractivity (Wildman–Crippen MR) is 92.1 cm³/mol. The minimum absolute atomic E-state index is 0.102. The van der Waals surface area contributed by atoms with Gasteiger partial charge in [-0.1, -0.05) is 6.07 Å². The molecule has 1 atom stereocenters. The number of ether oxygens (including phenoxy) is 3. The van der Waals surface area contributed by atoms with Crippen molar-refractivity contribution in [1.29, 1.82) is 0 Å². The first kappa shape index (κ1) is 17.1. The summed E-state index contributed by atoms with van der Waals surface area (Å²) in [7, 11) is -3.12. The quantitative estimate of drug-likeness (QED) is 0.806. The van der Waals surface area contributed by atoms with Gasteiger partial charge in [0.25, 0.3) is 0 Å². The third kappa shape index (κ3) is 3.62. The summed E-state index contributed by atoms with van der Waals surface area (Å²) in [6, 6.07) is 6.07. The second kappa shape index (κ2) is 6.42. The largest absolute Gasteiger partial charge is 0.454 e. The predicted octanol–water partition coefficient (Wildman–Crippen LogP) is 0.946. The standard InChI is InChI=1S/C17H24N2O5S/c1-25(20,21)18-6-4-14-5-7-24-17(14)10-19(11-17)9-13-2-3-15-16(8-13)23-12-22-15/h2-3,8,14,18H,4-7,9-12H2,1H3. The van der Waals surface area contributed by atoms with Crippen LogP contribution in [0.1, 0.15) is 18.4 Å². The summed E-state index contributed by atoms with van der Waals surface area (Å²) < 4.78 is 41.8. The van der Waals surface area contributed by atoms with Gasteiger partial charge in [-0.25, -0.2) is 13.1 Å². The van der Waals surface area contributed by atoms with Gasteiger partial charge in [-0.2, -0.15) is 0 Å². The van der Waals surface area contributed by atoms with E-state index in [1.807, 2.05) is 12.1 Å². The molecule has 0 saturated carbocycles. The minimum Gasteiger partial charge on any atom is -0.454 e. The van der Waals surface area contributed by atoms with Crippen LogP contribution in [0.25, 0.3) is 0 Å². The Bertz CT molecular complexity index is 745. The number of rotatable bonds is 6. The maximum Gasteiger partial charge on any atom is 0.231 e. The van der Waals surface area contributed by atoms with Crippen LogP contribution in [0, 0.1) is 5.92 Å². The Balaban J connectivity index is 1.31. The number of likely N-dealkylation sites (tertiary alicyclic amines) is 1. The molecule has 8 heteroatoms. The molecule has 138 valence electrons. The van der Waals surface area contributed by atoms with Gasteiger partial charge in [-0.3, -0.25) is 4.90 Å². The average Bonchev–Trinajstić information content (AvgIpc) is 3.12. The number of hydrogen-bond acceptors (Lipinski definition) is 6. The van der Waals surface area contributed by atoms with E-state index in [0.717, 1.165) is 50.6 Å². The molecule has 25 heavy (non-hydrogen) atoms. The van der Waals surface area contributed by atoms with E-state index >= 15 is 0 Å². The van der Waals surface area contributed by atoms with Crippen LogP contribution in [0.3, 0.4) is 0 Å². The fraction of sp³-hybridized carbons (Fsp3) is 0.647. The summed E-state index contributed by atoms with van der Waals surface area (Å²) in [4.78, 5) is 2.36. The van der Waals surface area contributed by atoms with Crippen molar-refractivity contribution >= 4 is 10.0 Å². The first-order valence-electron chi connectivity index (χ1n) is 8.63. The van der Waals surface area contributed by atoms with Crippen LogP contribution in [0.15, 0.2) is 18.2 Å². The third-order valence-corrected chi connectivity index (χ3v) is 6.01. The van der Waals surface area contributed by atoms with Crippen molar-refractivity contribution in [3.05, 3.63) is 23.8 Å². The van der Waals surface area contributed by atoms with Crippen molar-refractivity contribution in [2.45, 2.75) is 25.0 Å². The van der Waals surface area contributed by atoms with Crippen molar-refractivity contribution < 1.29 is 22.6 Å². The topological polar surface area (TPSA) is 77.1 Å². The molecule has 7 nitrogen and oxygen atoms in total. The van der Waals surface area contributed by atoms with Gasteiger partial charge in [-0.15, -0.1) is 0 Å². The molecule has 1 N–H and O–H groups in total. The summed E-state index contributed by atoms with van der Waals surface area (Å²) in [5, 5.41) is 0. The van der Waals surface area contributed by atoms with Crippen LogP contribution in [-0.4, -0.2) is 58.2 Å². The van der Waals surface area contributed by atoms with Crippen LogP contribution in [0.5, 0.6) is 11.5 Å². The highest BCUT2D eigenvalue weighted by atomic mass is 32.2. The first-order chi connectivity index (χ1) is 11.9. The number of fused-ring (bicyclic) bond motifs is 1. The van der Waals surface area contributed by atoms with Gasteiger partial charge < -0.3 is 14.2 Å². The van der Waals surface area contributed by atoms with Crippen LogP contribution in [-0.2, 0) is 21.3 Å². The number of hydrogen-bond donors (Lipinski definition) is 1. The maximum atomic E-state index is 11.2. The van der Waals surface area contributed by atoms with Crippen molar-refractivity contribution in [1.82, 2.24) is 9.62 Å². The zero-order valence-electron chi connectivity index (χ0n) is 14.4. The molecule has 1 aromatic rings. The molecule has 1 aromatic carbocycles. The molecule has 3 heterocycles. The Morgan fingerprint density at radius 1 is 1.28 bits per heavy atom. The Morgan fingerprint density at radius 2 is 2.08 bits per heavy atom. The Kier molecular flexibility index (Phi) is 4.39. The number of nitrogens with zero attached hydrogens (tertiary/aromatic N) is 1. The van der Waals surface area contributed by atoms with Gasteiger partial charge >= 0.3 is 0 Å². The maximum absolute atomic E-state index is 11.2. The van der Waals surface area contributed by atoms with Gasteiger partial charge in [-0.05, 0) is 36.5 Å². The SMILES string of the molecule is CS(=O)(=O)NCCC1CCOC12CN(Cc1ccc3c(c1)OCO3)C2. The van der Waals surface area contributed by atoms with E-state index in [1.165, 1.54) is 11.8 Å². The van der Waals surface area contributed by atoms with Gasteiger partial charge in [0.05, 0.1) is 11.9 Å². The summed E-state index contributed by atoms with van der Waals surface area (Å²) in [5.41, 5.74) is 1.10. The van der Waals surface area contributed by atoms with Gasteiger partial charge in [0.2, 0.25) is 16.8 Å². The molecular weight excluding hydrogens is 344 g/mol. The molecule has 0 radical (unpaired) electrons. The summed E-state index contributed by atoms with van der Waals surface area (Å²) in [5.74, 6) is 2.03. The van der Waals surface area contributed by atoms with Crippen molar-refractivity contribution in [3.8, 4) is 11.5 Å². The van der Waals surface area contributed by atoms with Gasteiger partial charge in [0, 0.05) is 32.8 Å². The summed E-state index contributed by atoms with van der Waals surface area (Å²) in [6.07, 6.45) is 3.03. The third-order valence-electron chi connectivity index (χ3n) is 5.28. The molecule has 2 saturated heterocycles. The number of sulfonamides is 1. The minimum atomic E-state index is -3.12. The molecule has 3 aliphatic rings. The summed E-state index contributed by atoms with van der Waals surface area (Å²) >= 11 is 0. The van der Waals surface area contributed by atoms with E-state index in [2.05, 4.69) is 15.7 Å². The first-order valence-corrected chi connectivity index (χ1v) is 10.5. The Morgan fingerprint density at radius 3 is 2.88 bits per heavy atom. The molecule has 4 rings (SSSR count). The zero-order chi connectivity index (χ0) is 17.5. The van der Waals surface area contributed by atoms with E-state index in [9.17, 15) is 8.42 Å². The average molecular weight is 368 g/mol. The smallest absolute Gasteiger partial charge is 0.231 e. The lowest BCUT2D eigenvalue weighted by Gasteiger charge is -2.50. The summed E-state index contributed by atoms with van der Waals surface area (Å²) in [6.45, 7) is 4.19. The van der Waals surface area contributed by atoms with Crippen LogP contribution in [0.2, 0.25) is 0 Å². The lowest BCUT2D eigenvalue weighted by atomic mass is 9.79. The van der Waals surface area contributed by atoms with Crippen molar-refractivity contribution in [2.24, 2.45) is 5.92 Å². The van der Waals surface area contributed by atoms with Crippen molar-refractivity contribution in [2.75, 3.05) is 39.3 Å². The molecule has 1 unspecified atom stereocenters. The normalized spacial score (nSPS) is 24.6. The molecule has 0 bridgehead atoms. The molecule has 1 spiro atoms. The van der Waals surface area contributed by atoms with E-state index in [0.29, 0.717) is 19.3 Å². The van der Waals surface area contributed by atoms with E-state index in [1.54, 1.807) is 0 Å². The molecule has 0 amide bonds. The molecule has 0 aromatic heterocycles.